The summed E-state index contributed by atoms with van der Waals surface area (Å²) in [6, 6.07) is 13.1. The number of nitrogens with one attached hydrogen (secondary N) is 1. The van der Waals surface area contributed by atoms with Gasteiger partial charge in [-0.2, -0.15) is 0 Å². The van der Waals surface area contributed by atoms with Gasteiger partial charge in [-0.05, 0) is 55.0 Å². The van der Waals surface area contributed by atoms with Gasteiger partial charge in [0.05, 0.1) is 11.5 Å². The molecule has 29 heavy (non-hydrogen) atoms. The van der Waals surface area contributed by atoms with Gasteiger partial charge >= 0.3 is 0 Å². The van der Waals surface area contributed by atoms with Gasteiger partial charge in [-0.1, -0.05) is 49.2 Å². The lowest BCUT2D eigenvalue weighted by molar-refractivity contribution is -0.123. The second kappa shape index (κ2) is 8.67. The van der Waals surface area contributed by atoms with Crippen molar-refractivity contribution >= 4 is 15.7 Å². The summed E-state index contributed by atoms with van der Waals surface area (Å²) in [6.07, 6.45) is 2.18. The van der Waals surface area contributed by atoms with E-state index in [0.717, 1.165) is 29.5 Å². The van der Waals surface area contributed by atoms with Gasteiger partial charge in [-0.25, -0.2) is 8.42 Å². The minimum absolute atomic E-state index is 0.273. The molecule has 1 aliphatic carbocycles. The van der Waals surface area contributed by atoms with Gasteiger partial charge in [-0.15, -0.1) is 0 Å². The van der Waals surface area contributed by atoms with Crippen LogP contribution in [0, 0.1) is 13.8 Å². The summed E-state index contributed by atoms with van der Waals surface area (Å²) in [7, 11) is -2.19. The van der Waals surface area contributed by atoms with Crippen molar-refractivity contribution in [2.45, 2.75) is 62.3 Å². The first-order valence-corrected chi connectivity index (χ1v) is 11.5. The Morgan fingerprint density at radius 1 is 1.07 bits per heavy atom. The molecule has 0 aliphatic heterocycles. The molecule has 1 amide bonds. The summed E-state index contributed by atoms with van der Waals surface area (Å²) in [5.41, 5.74) is 3.46. The highest BCUT2D eigenvalue weighted by Gasteiger charge is 2.53. The fraction of sp³-hybridized carbons (Fsp3) is 0.435. The lowest BCUT2D eigenvalue weighted by atomic mass is 10.0. The van der Waals surface area contributed by atoms with Crippen LogP contribution >= 0.6 is 0 Å². The van der Waals surface area contributed by atoms with E-state index in [9.17, 15) is 13.2 Å². The van der Waals surface area contributed by atoms with Gasteiger partial charge in [-0.3, -0.25) is 4.79 Å². The Labute approximate surface area is 173 Å². The van der Waals surface area contributed by atoms with Crippen LogP contribution in [0.25, 0.3) is 0 Å². The minimum atomic E-state index is -3.81. The molecule has 1 saturated carbocycles. The van der Waals surface area contributed by atoms with E-state index >= 15 is 0 Å². The van der Waals surface area contributed by atoms with Crippen molar-refractivity contribution in [1.82, 2.24) is 5.32 Å². The van der Waals surface area contributed by atoms with Crippen molar-refractivity contribution in [1.29, 1.82) is 0 Å². The van der Waals surface area contributed by atoms with Crippen LogP contribution in [0.3, 0.4) is 0 Å². The summed E-state index contributed by atoms with van der Waals surface area (Å²) in [6.45, 7) is 4.38. The molecule has 0 heterocycles. The third-order valence-corrected chi connectivity index (χ3v) is 8.47. The highest BCUT2D eigenvalue weighted by Crippen LogP contribution is 2.41. The van der Waals surface area contributed by atoms with E-state index in [1.807, 2.05) is 43.3 Å². The van der Waals surface area contributed by atoms with Gasteiger partial charge in [0.15, 0.2) is 14.6 Å². The topological polar surface area (TPSA) is 72.5 Å². The fourth-order valence-electron chi connectivity index (χ4n) is 4.13. The molecular weight excluding hydrogens is 386 g/mol. The molecule has 2 aromatic carbocycles. The van der Waals surface area contributed by atoms with E-state index in [4.69, 9.17) is 4.74 Å². The first-order chi connectivity index (χ1) is 13.8. The third-order valence-electron chi connectivity index (χ3n) is 5.83. The monoisotopic (exact) mass is 415 g/mol. The Bertz CT molecular complexity index is 992. The van der Waals surface area contributed by atoms with Crippen molar-refractivity contribution in [3.8, 4) is 0 Å². The fourth-order valence-corrected chi connectivity index (χ4v) is 6.53. The molecule has 2 aromatic rings. The molecule has 1 N–H and O–H groups in total. The Balaban J connectivity index is 1.91. The molecule has 156 valence electrons. The number of rotatable bonds is 7. The second-order valence-electron chi connectivity index (χ2n) is 7.86. The second-order valence-corrected chi connectivity index (χ2v) is 10.1. The van der Waals surface area contributed by atoms with Gasteiger partial charge in [0.25, 0.3) is 0 Å². The molecule has 1 fully saturated rings. The number of hydrogen-bond acceptors (Lipinski definition) is 4. The van der Waals surface area contributed by atoms with Gasteiger partial charge in [0, 0.05) is 13.7 Å². The molecular formula is C23H29NO4S. The van der Waals surface area contributed by atoms with E-state index in [1.165, 1.54) is 0 Å². The Morgan fingerprint density at radius 3 is 2.38 bits per heavy atom. The average molecular weight is 416 g/mol. The Kier molecular flexibility index (Phi) is 6.44. The zero-order valence-electron chi connectivity index (χ0n) is 17.3. The Hall–Kier alpha value is -2.18. The normalized spacial score (nSPS) is 16.0. The standard InChI is InChI=1S/C23H29NO4S/c1-17-10-11-18(2)21(14-17)29(26,27)23(12-6-7-13-23)22(25)24-15-19-8-4-5-9-20(19)16-28-3/h4-5,8-11,14H,6-7,12-13,15-16H2,1-3H3,(H,24,25). The van der Waals surface area contributed by atoms with Gasteiger partial charge in [0.2, 0.25) is 5.91 Å². The van der Waals surface area contributed by atoms with Crippen molar-refractivity contribution in [2.24, 2.45) is 0 Å². The third kappa shape index (κ3) is 4.09. The van der Waals surface area contributed by atoms with Crippen LogP contribution in [-0.4, -0.2) is 26.2 Å². The number of carbonyl (C=O) groups is 1. The molecule has 0 spiro atoms. The van der Waals surface area contributed by atoms with Gasteiger partial charge in [0.1, 0.15) is 0 Å². The summed E-state index contributed by atoms with van der Waals surface area (Å²) in [5.74, 6) is -0.400. The van der Waals surface area contributed by atoms with Crippen LogP contribution in [0.2, 0.25) is 0 Å². The smallest absolute Gasteiger partial charge is 0.242 e. The van der Waals surface area contributed by atoms with Crippen LogP contribution in [0.4, 0.5) is 0 Å². The van der Waals surface area contributed by atoms with Gasteiger partial charge < -0.3 is 10.1 Å². The molecule has 6 heteroatoms. The Morgan fingerprint density at radius 2 is 1.72 bits per heavy atom. The maximum absolute atomic E-state index is 13.7. The van der Waals surface area contributed by atoms with Crippen LogP contribution in [-0.2, 0) is 32.5 Å². The zero-order chi connectivity index (χ0) is 21.1. The molecule has 5 nitrogen and oxygen atoms in total. The predicted molar refractivity (Wildman–Crippen MR) is 113 cm³/mol. The van der Waals surface area contributed by atoms with E-state index < -0.39 is 20.5 Å². The number of carbonyl (C=O) groups excluding carboxylic acids is 1. The van der Waals surface area contributed by atoms with E-state index in [1.54, 1.807) is 20.1 Å². The number of hydrogen-bond donors (Lipinski definition) is 1. The SMILES string of the molecule is COCc1ccccc1CNC(=O)C1(S(=O)(=O)c2cc(C)ccc2C)CCCC1. The summed E-state index contributed by atoms with van der Waals surface area (Å²) in [5, 5.41) is 2.92. The summed E-state index contributed by atoms with van der Waals surface area (Å²) >= 11 is 0. The maximum atomic E-state index is 13.7. The maximum Gasteiger partial charge on any atom is 0.242 e. The van der Waals surface area contributed by atoms with Crippen LogP contribution in [0.15, 0.2) is 47.4 Å². The first-order valence-electron chi connectivity index (χ1n) is 9.98. The van der Waals surface area contributed by atoms with Crippen LogP contribution in [0.1, 0.15) is 47.9 Å². The first kappa shape index (κ1) is 21.5. The van der Waals surface area contributed by atoms with Crippen molar-refractivity contribution in [3.63, 3.8) is 0 Å². The lowest BCUT2D eigenvalue weighted by Crippen LogP contribution is -2.50. The molecule has 3 rings (SSSR count). The highest BCUT2D eigenvalue weighted by atomic mass is 32.2. The lowest BCUT2D eigenvalue weighted by Gasteiger charge is -2.28. The van der Waals surface area contributed by atoms with Crippen molar-refractivity contribution in [3.05, 3.63) is 64.7 Å². The number of sulfone groups is 1. The number of benzene rings is 2. The quantitative estimate of drug-likeness (QED) is 0.745. The van der Waals surface area contributed by atoms with Crippen molar-refractivity contribution < 1.29 is 17.9 Å². The predicted octanol–water partition coefficient (Wildman–Crippen LogP) is 3.85. The molecule has 0 atom stereocenters. The highest BCUT2D eigenvalue weighted by molar-refractivity contribution is 7.93. The minimum Gasteiger partial charge on any atom is -0.380 e. The molecule has 0 unspecified atom stereocenters. The molecule has 0 saturated heterocycles. The van der Waals surface area contributed by atoms with Crippen molar-refractivity contribution in [2.75, 3.05) is 7.11 Å². The number of amides is 1. The zero-order valence-corrected chi connectivity index (χ0v) is 18.1. The molecule has 0 radical (unpaired) electrons. The number of ether oxygens (including phenoxy) is 1. The molecule has 0 aromatic heterocycles. The molecule has 0 bridgehead atoms. The van der Waals surface area contributed by atoms with E-state index in [2.05, 4.69) is 5.32 Å². The summed E-state index contributed by atoms with van der Waals surface area (Å²) in [4.78, 5) is 13.6. The molecule has 1 aliphatic rings. The summed E-state index contributed by atoms with van der Waals surface area (Å²) < 4.78 is 31.2. The average Bonchev–Trinajstić information content (AvgIpc) is 3.21. The van der Waals surface area contributed by atoms with E-state index in [0.29, 0.717) is 25.0 Å². The van der Waals surface area contributed by atoms with Crippen LogP contribution in [0.5, 0.6) is 0 Å². The van der Waals surface area contributed by atoms with Crippen LogP contribution < -0.4 is 5.32 Å². The largest absolute Gasteiger partial charge is 0.380 e. The number of aryl methyl sites for hydroxylation is 2. The number of methoxy groups -OCH3 is 1. The van der Waals surface area contributed by atoms with E-state index in [-0.39, 0.29) is 11.4 Å².